The second kappa shape index (κ2) is 3.59. The van der Waals surface area contributed by atoms with Crippen molar-refractivity contribution < 1.29 is 14.0 Å². The molecule has 1 aliphatic carbocycles. The van der Waals surface area contributed by atoms with Gasteiger partial charge in [-0.1, -0.05) is 6.08 Å². The summed E-state index contributed by atoms with van der Waals surface area (Å²) in [6, 6.07) is 5.23. The number of quaternary nitrogens is 1. The summed E-state index contributed by atoms with van der Waals surface area (Å²) in [5.41, 5.74) is 4.73. The van der Waals surface area contributed by atoms with E-state index in [1.165, 1.54) is 41.4 Å². The fourth-order valence-electron chi connectivity index (χ4n) is 4.97. The van der Waals surface area contributed by atoms with Crippen molar-refractivity contribution >= 4 is 0 Å². The molecule has 0 spiro atoms. The van der Waals surface area contributed by atoms with Crippen LogP contribution in [0.1, 0.15) is 36.3 Å². The third kappa shape index (κ3) is 1.29. The Balaban J connectivity index is 1.71. The highest BCUT2D eigenvalue weighted by Gasteiger charge is 2.51. The normalized spacial score (nSPS) is 36.4. The maximum atomic E-state index is 5.60. The molecule has 0 amide bonds. The van der Waals surface area contributed by atoms with Crippen molar-refractivity contribution in [1.29, 1.82) is 0 Å². The first kappa shape index (κ1) is 11.2. The van der Waals surface area contributed by atoms with E-state index in [1.807, 2.05) is 0 Å². The Kier molecular flexibility index (Phi) is 2.01. The van der Waals surface area contributed by atoms with Crippen LogP contribution in [0.4, 0.5) is 0 Å². The lowest BCUT2D eigenvalue weighted by Crippen LogP contribution is -2.53. The number of benzene rings is 1. The highest BCUT2D eigenvalue weighted by molar-refractivity contribution is 5.51. The van der Waals surface area contributed by atoms with E-state index in [9.17, 15) is 0 Å². The van der Waals surface area contributed by atoms with Crippen LogP contribution in [0.25, 0.3) is 0 Å². The second-order valence-corrected chi connectivity index (χ2v) is 6.92. The number of ether oxygens (including phenoxy) is 2. The number of hydrogen-bond donors (Lipinski definition) is 0. The van der Waals surface area contributed by atoms with Gasteiger partial charge in [-0.3, -0.25) is 0 Å². The van der Waals surface area contributed by atoms with Crippen LogP contribution in [0.15, 0.2) is 23.8 Å². The van der Waals surface area contributed by atoms with Gasteiger partial charge < -0.3 is 14.0 Å². The minimum atomic E-state index is 0.379. The van der Waals surface area contributed by atoms with Crippen LogP contribution >= 0.6 is 0 Å². The van der Waals surface area contributed by atoms with Gasteiger partial charge in [0.1, 0.15) is 12.6 Å². The molecule has 1 saturated heterocycles. The van der Waals surface area contributed by atoms with Gasteiger partial charge in [0.2, 0.25) is 6.79 Å². The van der Waals surface area contributed by atoms with E-state index in [-0.39, 0.29) is 0 Å². The average Bonchev–Trinajstić information content (AvgIpc) is 3.03. The number of nitrogens with zero attached hydrogens (tertiary/aromatic N) is 1. The molecule has 3 heterocycles. The van der Waals surface area contributed by atoms with Crippen LogP contribution in [0.5, 0.6) is 11.5 Å². The second-order valence-electron chi connectivity index (χ2n) is 6.92. The lowest BCUT2D eigenvalue weighted by molar-refractivity contribution is -0.935. The minimum absolute atomic E-state index is 0.379. The zero-order valence-electron chi connectivity index (χ0n) is 11.9. The van der Waals surface area contributed by atoms with E-state index in [0.29, 0.717) is 12.7 Å². The monoisotopic (exact) mass is 270 g/mol. The van der Waals surface area contributed by atoms with Gasteiger partial charge in [-0.25, -0.2) is 0 Å². The SMILES string of the molecule is C[N@@+]12CCC3=CCC[C@@H](c4cc5c(cc4C1)OCO5)[C@H]32. The molecular formula is C17H20NO2+. The van der Waals surface area contributed by atoms with Crippen molar-refractivity contribution in [3.05, 3.63) is 34.9 Å². The van der Waals surface area contributed by atoms with Crippen LogP contribution in [0, 0.1) is 0 Å². The van der Waals surface area contributed by atoms with Gasteiger partial charge >= 0.3 is 0 Å². The predicted octanol–water partition coefficient (Wildman–Crippen LogP) is 2.95. The molecule has 4 aliphatic rings. The number of fused-ring (bicyclic) bond motifs is 3. The largest absolute Gasteiger partial charge is 0.454 e. The Hall–Kier alpha value is -1.48. The lowest BCUT2D eigenvalue weighted by atomic mass is 9.75. The summed E-state index contributed by atoms with van der Waals surface area (Å²) in [6.07, 6.45) is 6.33. The van der Waals surface area contributed by atoms with Gasteiger partial charge in [-0.2, -0.15) is 0 Å². The van der Waals surface area contributed by atoms with E-state index in [1.54, 1.807) is 5.57 Å². The topological polar surface area (TPSA) is 18.5 Å². The van der Waals surface area contributed by atoms with E-state index in [0.717, 1.165) is 24.1 Å². The first-order chi connectivity index (χ1) is 9.74. The third-order valence-electron chi connectivity index (χ3n) is 5.79. The van der Waals surface area contributed by atoms with Gasteiger partial charge in [-0.15, -0.1) is 0 Å². The molecular weight excluding hydrogens is 250 g/mol. The maximum absolute atomic E-state index is 5.60. The average molecular weight is 270 g/mol. The molecule has 3 atom stereocenters. The quantitative estimate of drug-likeness (QED) is 0.533. The summed E-state index contributed by atoms with van der Waals surface area (Å²) in [4.78, 5) is 0. The zero-order valence-corrected chi connectivity index (χ0v) is 11.9. The zero-order chi connectivity index (χ0) is 13.3. The molecule has 0 radical (unpaired) electrons. The first-order valence-electron chi connectivity index (χ1n) is 7.70. The van der Waals surface area contributed by atoms with Gasteiger partial charge in [-0.05, 0) is 36.1 Å². The van der Waals surface area contributed by atoms with Crippen molar-refractivity contribution in [3.63, 3.8) is 0 Å². The fraction of sp³-hybridized carbons (Fsp3) is 0.529. The Morgan fingerprint density at radius 2 is 2.05 bits per heavy atom. The summed E-state index contributed by atoms with van der Waals surface area (Å²) in [6.45, 7) is 2.81. The van der Waals surface area contributed by atoms with Crippen LogP contribution in [0.2, 0.25) is 0 Å². The fourth-order valence-corrected chi connectivity index (χ4v) is 4.97. The van der Waals surface area contributed by atoms with Crippen molar-refractivity contribution in [2.45, 2.75) is 37.8 Å². The molecule has 3 aliphatic heterocycles. The van der Waals surface area contributed by atoms with Crippen LogP contribution in [-0.2, 0) is 6.54 Å². The Morgan fingerprint density at radius 1 is 1.20 bits per heavy atom. The van der Waals surface area contributed by atoms with Crippen molar-refractivity contribution in [3.8, 4) is 11.5 Å². The van der Waals surface area contributed by atoms with Crippen molar-refractivity contribution in [2.75, 3.05) is 20.4 Å². The highest BCUT2D eigenvalue weighted by atomic mass is 16.7. The molecule has 104 valence electrons. The molecule has 0 bridgehead atoms. The van der Waals surface area contributed by atoms with E-state index in [4.69, 9.17) is 9.47 Å². The molecule has 0 N–H and O–H groups in total. The number of rotatable bonds is 0. The molecule has 1 fully saturated rings. The van der Waals surface area contributed by atoms with Gasteiger partial charge in [0.15, 0.2) is 11.5 Å². The molecule has 0 unspecified atom stereocenters. The smallest absolute Gasteiger partial charge is 0.231 e. The summed E-state index contributed by atoms with van der Waals surface area (Å²) in [5.74, 6) is 2.58. The van der Waals surface area contributed by atoms with Crippen molar-refractivity contribution in [2.24, 2.45) is 0 Å². The van der Waals surface area contributed by atoms with E-state index in [2.05, 4.69) is 25.3 Å². The number of hydrogen-bond acceptors (Lipinski definition) is 2. The summed E-state index contributed by atoms with van der Waals surface area (Å²) in [5, 5.41) is 0. The number of likely N-dealkylation sites (N-methyl/N-ethyl adjacent to an activating group) is 1. The number of allylic oxidation sites excluding steroid dienone is 1. The molecule has 1 aromatic rings. The predicted molar refractivity (Wildman–Crippen MR) is 75.8 cm³/mol. The molecule has 0 saturated carbocycles. The summed E-state index contributed by atoms with van der Waals surface area (Å²) < 4.78 is 12.4. The van der Waals surface area contributed by atoms with Gasteiger partial charge in [0.05, 0.1) is 13.6 Å². The minimum Gasteiger partial charge on any atom is -0.454 e. The Morgan fingerprint density at radius 3 is 2.95 bits per heavy atom. The van der Waals surface area contributed by atoms with Crippen LogP contribution in [0.3, 0.4) is 0 Å². The van der Waals surface area contributed by atoms with Crippen LogP contribution in [-0.4, -0.2) is 30.9 Å². The molecule has 3 nitrogen and oxygen atoms in total. The summed E-state index contributed by atoms with van der Waals surface area (Å²) >= 11 is 0. The molecule has 3 heteroatoms. The lowest BCUT2D eigenvalue weighted by Gasteiger charge is -2.46. The third-order valence-corrected chi connectivity index (χ3v) is 5.79. The standard InChI is InChI=1S/C17H20NO2/c1-18-6-5-11-3-2-4-13(17(11)18)14-8-16-15(19-10-20-16)7-12(14)9-18/h3,7-8,13,17H,2,4-6,9-10H2,1H3/q+1/t13-,17-,18+/m0/s1. The Bertz CT molecular complexity index is 636. The first-order valence-corrected chi connectivity index (χ1v) is 7.70. The summed E-state index contributed by atoms with van der Waals surface area (Å²) in [7, 11) is 2.44. The van der Waals surface area contributed by atoms with Gasteiger partial charge in [0.25, 0.3) is 0 Å². The van der Waals surface area contributed by atoms with Crippen LogP contribution < -0.4 is 9.47 Å². The highest BCUT2D eigenvalue weighted by Crippen LogP contribution is 2.52. The molecule has 1 aromatic carbocycles. The Labute approximate surface area is 119 Å². The van der Waals surface area contributed by atoms with Gasteiger partial charge in [0, 0.05) is 17.9 Å². The maximum Gasteiger partial charge on any atom is 0.231 e. The molecule has 20 heavy (non-hydrogen) atoms. The molecule has 5 rings (SSSR count). The molecule has 0 aromatic heterocycles. The van der Waals surface area contributed by atoms with Crippen molar-refractivity contribution in [1.82, 2.24) is 0 Å². The van der Waals surface area contributed by atoms with E-state index < -0.39 is 0 Å². The van der Waals surface area contributed by atoms with E-state index >= 15 is 0 Å².